The van der Waals surface area contributed by atoms with Gasteiger partial charge >= 0.3 is 13.6 Å². The smallest absolute Gasteiger partial charge is 0.349 e. The molecule has 242 valence electrons. The van der Waals surface area contributed by atoms with Gasteiger partial charge in [0, 0.05) is 23.2 Å². The summed E-state index contributed by atoms with van der Waals surface area (Å²) in [7, 11) is -5.17. The first-order valence-corrected chi connectivity index (χ1v) is 19.8. The molecule has 4 rings (SSSR count). The third-order valence-corrected chi connectivity index (χ3v) is 12.3. The number of sulfone groups is 1. The van der Waals surface area contributed by atoms with E-state index in [0.29, 0.717) is 29.0 Å². The molecule has 1 aliphatic rings. The highest BCUT2D eigenvalue weighted by molar-refractivity contribution is 7.90. The maximum Gasteiger partial charge on any atom is 0.349 e. The van der Waals surface area contributed by atoms with Crippen LogP contribution in [0.5, 0.6) is 0 Å². The summed E-state index contributed by atoms with van der Waals surface area (Å²) in [5.41, 5.74) is 0.846. The van der Waals surface area contributed by atoms with Crippen LogP contribution >= 0.6 is 30.3 Å². The fourth-order valence-electron chi connectivity index (χ4n) is 5.02. The van der Waals surface area contributed by atoms with E-state index in [-0.39, 0.29) is 35.1 Å². The lowest BCUT2D eigenvalue weighted by Gasteiger charge is -2.20. The number of nitrogens with zero attached hydrogens (tertiary/aromatic N) is 2. The topological polar surface area (TPSA) is 139 Å². The summed E-state index contributed by atoms with van der Waals surface area (Å²) < 4.78 is 51.7. The van der Waals surface area contributed by atoms with Crippen molar-refractivity contribution in [1.82, 2.24) is 9.97 Å². The van der Waals surface area contributed by atoms with Crippen LogP contribution in [0.25, 0.3) is 0 Å². The van der Waals surface area contributed by atoms with Crippen LogP contribution in [0.3, 0.4) is 0 Å². The highest BCUT2D eigenvalue weighted by Crippen LogP contribution is 2.52. The Balaban J connectivity index is 0.000000448. The van der Waals surface area contributed by atoms with E-state index >= 15 is 0 Å². The normalized spacial score (nSPS) is 14.6. The lowest BCUT2D eigenvalue weighted by Crippen LogP contribution is -2.18. The molecule has 1 fully saturated rings. The molecule has 0 amide bonds. The molecule has 44 heavy (non-hydrogen) atoms. The zero-order valence-corrected chi connectivity index (χ0v) is 29.2. The minimum atomic E-state index is -3.29. The van der Waals surface area contributed by atoms with Gasteiger partial charge < -0.3 is 13.8 Å². The molecule has 0 radical (unpaired) electrons. The van der Waals surface area contributed by atoms with Crippen LogP contribution in [-0.2, 0) is 45.6 Å². The molecular weight excluding hydrogens is 644 g/mol. The van der Waals surface area contributed by atoms with E-state index in [1.165, 1.54) is 55.1 Å². The summed E-state index contributed by atoms with van der Waals surface area (Å²) in [6, 6.07) is 6.70. The van der Waals surface area contributed by atoms with Crippen molar-refractivity contribution in [3.05, 3.63) is 62.0 Å². The number of aromatic nitrogens is 2. The van der Waals surface area contributed by atoms with Gasteiger partial charge in [0.1, 0.15) is 15.7 Å². The number of carbonyl (C=O) groups is 2. The number of aryl methyl sites for hydroxylation is 1. The molecular formula is C30H41N2O8PS3. The molecule has 14 heteroatoms. The van der Waals surface area contributed by atoms with Crippen molar-refractivity contribution in [2.24, 2.45) is 5.92 Å². The Morgan fingerprint density at radius 3 is 2.18 bits per heavy atom. The molecule has 2 aromatic heterocycles. The second-order valence-corrected chi connectivity index (χ2v) is 17.0. The van der Waals surface area contributed by atoms with Gasteiger partial charge in [0.15, 0.2) is 9.84 Å². The predicted octanol–water partition coefficient (Wildman–Crippen LogP) is 7.03. The number of carbonyl (C=O) groups excluding carboxylic acids is 2. The number of rotatable bonds is 14. The van der Waals surface area contributed by atoms with Gasteiger partial charge in [0.25, 0.3) is 0 Å². The van der Waals surface area contributed by atoms with Crippen LogP contribution in [0.2, 0.25) is 0 Å². The van der Waals surface area contributed by atoms with Gasteiger partial charge in [-0.05, 0) is 50.8 Å². The maximum atomic E-state index is 13.4. The molecule has 0 N–H and O–H groups in total. The SMILES string of the molecule is CCOP(=O)(Cc1cnc(CC(=O)[C@H](CC2CCCC2)c2ccc(S(C)(=O)=O)cc2)s1)OCC.COC(=O)c1cnc(C)s1. The molecule has 1 aromatic carbocycles. The van der Waals surface area contributed by atoms with Crippen LogP contribution in [-0.4, -0.2) is 56.7 Å². The third kappa shape index (κ3) is 11.0. The predicted molar refractivity (Wildman–Crippen MR) is 172 cm³/mol. The molecule has 0 spiro atoms. The van der Waals surface area contributed by atoms with Gasteiger partial charge in [0.2, 0.25) is 0 Å². The summed E-state index contributed by atoms with van der Waals surface area (Å²) in [4.78, 5) is 34.1. The number of ether oxygens (including phenoxy) is 1. The van der Waals surface area contributed by atoms with Gasteiger partial charge in [-0.2, -0.15) is 0 Å². The quantitative estimate of drug-likeness (QED) is 0.129. The van der Waals surface area contributed by atoms with Crippen molar-refractivity contribution in [1.29, 1.82) is 0 Å². The molecule has 0 aliphatic heterocycles. The number of benzene rings is 1. The highest BCUT2D eigenvalue weighted by Gasteiger charge is 2.29. The fraction of sp³-hybridized carbons (Fsp3) is 0.533. The van der Waals surface area contributed by atoms with Crippen molar-refractivity contribution in [3.8, 4) is 0 Å². The molecule has 10 nitrogen and oxygen atoms in total. The molecule has 1 aliphatic carbocycles. The third-order valence-electron chi connectivity index (χ3n) is 7.08. The highest BCUT2D eigenvalue weighted by atomic mass is 32.2. The number of esters is 1. The molecule has 3 aromatic rings. The average molecular weight is 685 g/mol. The number of Topliss-reactive ketones (excluding diaryl/α,β-unsaturated/α-hetero) is 1. The Morgan fingerprint density at radius 2 is 1.66 bits per heavy atom. The van der Waals surface area contributed by atoms with Crippen molar-refractivity contribution >= 4 is 51.9 Å². The van der Waals surface area contributed by atoms with E-state index in [1.807, 2.05) is 6.92 Å². The van der Waals surface area contributed by atoms with Crippen molar-refractivity contribution in [2.45, 2.75) is 76.3 Å². The second kappa shape index (κ2) is 16.9. The first-order valence-electron chi connectivity index (χ1n) is 14.5. The summed E-state index contributed by atoms with van der Waals surface area (Å²) in [6.07, 6.45) is 10.0. The number of ketones is 1. The van der Waals surface area contributed by atoms with Crippen molar-refractivity contribution < 1.29 is 36.4 Å². The first-order chi connectivity index (χ1) is 20.9. The molecule has 1 saturated carbocycles. The lowest BCUT2D eigenvalue weighted by molar-refractivity contribution is -0.120. The monoisotopic (exact) mass is 684 g/mol. The lowest BCUT2D eigenvalue weighted by atomic mass is 9.84. The van der Waals surface area contributed by atoms with E-state index in [4.69, 9.17) is 9.05 Å². The largest absolute Gasteiger partial charge is 0.465 e. The van der Waals surface area contributed by atoms with E-state index in [2.05, 4.69) is 14.7 Å². The number of thiazole rings is 2. The fourth-order valence-corrected chi connectivity index (χ4v) is 9.32. The van der Waals surface area contributed by atoms with Gasteiger partial charge in [-0.25, -0.2) is 23.2 Å². The summed E-state index contributed by atoms with van der Waals surface area (Å²) in [6.45, 7) is 5.98. The molecule has 1 atom stereocenters. The molecule has 0 unspecified atom stereocenters. The Morgan fingerprint density at radius 1 is 1.02 bits per heavy atom. The van der Waals surface area contributed by atoms with E-state index < -0.39 is 17.4 Å². The first kappa shape index (κ1) is 36.2. The van der Waals surface area contributed by atoms with E-state index in [9.17, 15) is 22.6 Å². The number of hydrogen-bond acceptors (Lipinski definition) is 12. The molecule has 2 heterocycles. The van der Waals surface area contributed by atoms with Gasteiger partial charge in [0.05, 0.1) is 49.0 Å². The number of methoxy groups -OCH3 is 1. The maximum absolute atomic E-state index is 13.4. The van der Waals surface area contributed by atoms with Crippen LogP contribution in [0.1, 0.15) is 82.0 Å². The summed E-state index contributed by atoms with van der Waals surface area (Å²) in [5.74, 6) is -0.0519. The summed E-state index contributed by atoms with van der Waals surface area (Å²) in [5, 5.41) is 1.55. The van der Waals surface area contributed by atoms with Gasteiger partial charge in [-0.3, -0.25) is 9.36 Å². The van der Waals surface area contributed by atoms with Crippen LogP contribution in [0, 0.1) is 12.8 Å². The minimum Gasteiger partial charge on any atom is -0.465 e. The summed E-state index contributed by atoms with van der Waals surface area (Å²) >= 11 is 2.69. The van der Waals surface area contributed by atoms with Crippen LogP contribution in [0.15, 0.2) is 41.6 Å². The Labute approximate surface area is 268 Å². The van der Waals surface area contributed by atoms with Crippen LogP contribution in [0.4, 0.5) is 0 Å². The van der Waals surface area contributed by atoms with E-state index in [0.717, 1.165) is 34.7 Å². The number of hydrogen-bond donors (Lipinski definition) is 0. The zero-order chi connectivity index (χ0) is 32.3. The standard InChI is InChI=1S/C24H34NO6PS2.C6H7NO2S/c1-4-30-32(27,31-5-2)17-20-16-25-24(33-20)15-23(26)22(14-18-8-6-7-9-18)19-10-12-21(13-11-19)34(3,28)29;1-4-7-3-5(10-4)6(8)9-2/h10-13,16,18,22H,4-9,14-15,17H2,1-3H3;3H,1-2H3/t22-;/m1./s1. The van der Waals surface area contributed by atoms with Crippen LogP contribution < -0.4 is 0 Å². The minimum absolute atomic E-state index is 0.0673. The second-order valence-electron chi connectivity index (χ2n) is 10.5. The Hall–Kier alpha value is -2.28. The molecule has 0 saturated heterocycles. The average Bonchev–Trinajstić information content (AvgIpc) is 3.75. The van der Waals surface area contributed by atoms with Crippen molar-refractivity contribution in [2.75, 3.05) is 26.6 Å². The van der Waals surface area contributed by atoms with E-state index in [1.54, 1.807) is 44.3 Å². The Kier molecular flexibility index (Phi) is 13.9. The van der Waals surface area contributed by atoms with Gasteiger partial charge in [-0.1, -0.05) is 37.8 Å². The Bertz CT molecular complexity index is 1520. The van der Waals surface area contributed by atoms with Crippen molar-refractivity contribution in [3.63, 3.8) is 0 Å². The molecule has 0 bridgehead atoms. The zero-order valence-electron chi connectivity index (χ0n) is 25.8. The van der Waals surface area contributed by atoms with Gasteiger partial charge in [-0.15, -0.1) is 22.7 Å².